The summed E-state index contributed by atoms with van der Waals surface area (Å²) >= 11 is 18.2. The zero-order chi connectivity index (χ0) is 32.1. The second-order valence-electron chi connectivity index (χ2n) is 9.74. The summed E-state index contributed by atoms with van der Waals surface area (Å²) in [5, 5.41) is 2.67. The monoisotopic (exact) mass is 677 g/mol. The van der Waals surface area contributed by atoms with Crippen LogP contribution in [0.2, 0.25) is 15.1 Å². The Kier molecular flexibility index (Phi) is 11.4. The lowest BCUT2D eigenvalue weighted by atomic mass is 10.1. The standard InChI is InChI=1S/C29H29Cl3F3N3O4S/c1-4-18(2)36-28(40)19(3)37(16-20-10-11-21(30)14-26(20)32)27(39)17-38(43(41,42)23-8-6-5-7-9-23)22-12-13-25(31)24(15-22)29(33,34)35/h5-15,18-19H,4,16-17H2,1-3H3,(H,36,40)/t18-,19-/m0/s1. The first-order valence-electron chi connectivity index (χ1n) is 13.0. The first-order chi connectivity index (χ1) is 20.1. The van der Waals surface area contributed by atoms with Gasteiger partial charge in [0.2, 0.25) is 11.8 Å². The predicted molar refractivity (Wildman–Crippen MR) is 162 cm³/mol. The van der Waals surface area contributed by atoms with Gasteiger partial charge in [-0.3, -0.25) is 13.9 Å². The van der Waals surface area contributed by atoms with E-state index in [2.05, 4.69) is 5.32 Å². The molecule has 1 N–H and O–H groups in total. The zero-order valence-electron chi connectivity index (χ0n) is 23.3. The normalized spacial score (nSPS) is 13.2. The third-order valence-corrected chi connectivity index (χ3v) is 9.38. The number of anilines is 1. The van der Waals surface area contributed by atoms with E-state index in [0.29, 0.717) is 27.4 Å². The average Bonchev–Trinajstić information content (AvgIpc) is 2.95. The average molecular weight is 679 g/mol. The van der Waals surface area contributed by atoms with Gasteiger partial charge in [0.05, 0.1) is 21.2 Å². The largest absolute Gasteiger partial charge is 0.417 e. The third-order valence-electron chi connectivity index (χ3n) is 6.68. The predicted octanol–water partition coefficient (Wildman–Crippen LogP) is 7.19. The molecule has 0 spiro atoms. The van der Waals surface area contributed by atoms with Crippen LogP contribution in [0.25, 0.3) is 0 Å². The highest BCUT2D eigenvalue weighted by atomic mass is 35.5. The summed E-state index contributed by atoms with van der Waals surface area (Å²) in [5.74, 6) is -1.39. The lowest BCUT2D eigenvalue weighted by Gasteiger charge is -2.32. The summed E-state index contributed by atoms with van der Waals surface area (Å²) < 4.78 is 69.4. The van der Waals surface area contributed by atoms with Crippen molar-refractivity contribution in [1.29, 1.82) is 0 Å². The van der Waals surface area contributed by atoms with Gasteiger partial charge in [-0.2, -0.15) is 13.2 Å². The number of carbonyl (C=O) groups is 2. The Labute approximate surface area is 263 Å². The number of halogens is 6. The molecule has 0 heterocycles. The van der Waals surface area contributed by atoms with E-state index >= 15 is 0 Å². The van der Waals surface area contributed by atoms with Crippen molar-refractivity contribution in [1.82, 2.24) is 10.2 Å². The number of nitrogens with zero attached hydrogens (tertiary/aromatic N) is 2. The van der Waals surface area contributed by atoms with Gasteiger partial charge in [0.15, 0.2) is 0 Å². The number of alkyl halides is 3. The van der Waals surface area contributed by atoms with Gasteiger partial charge in [-0.1, -0.05) is 66.0 Å². The van der Waals surface area contributed by atoms with Crippen molar-refractivity contribution in [2.45, 2.75) is 56.9 Å². The minimum Gasteiger partial charge on any atom is -0.352 e. The van der Waals surface area contributed by atoms with E-state index in [-0.39, 0.29) is 22.5 Å². The van der Waals surface area contributed by atoms with Crippen LogP contribution in [0.5, 0.6) is 0 Å². The number of hydrogen-bond acceptors (Lipinski definition) is 4. The summed E-state index contributed by atoms with van der Waals surface area (Å²) in [5.41, 5.74) is -1.32. The van der Waals surface area contributed by atoms with Crippen molar-refractivity contribution in [2.75, 3.05) is 10.8 Å². The first kappa shape index (κ1) is 34.5. The molecule has 3 aromatic rings. The zero-order valence-corrected chi connectivity index (χ0v) is 26.4. The summed E-state index contributed by atoms with van der Waals surface area (Å²) in [7, 11) is -4.58. The molecular weight excluding hydrogens is 650 g/mol. The number of sulfonamides is 1. The van der Waals surface area contributed by atoms with Crippen LogP contribution in [0.4, 0.5) is 18.9 Å². The number of rotatable bonds is 11. The molecule has 0 aliphatic heterocycles. The summed E-state index contributed by atoms with van der Waals surface area (Å²) in [6, 6.07) is 12.7. The minimum atomic E-state index is -4.90. The van der Waals surface area contributed by atoms with E-state index < -0.39 is 56.9 Å². The second-order valence-corrected chi connectivity index (χ2v) is 12.9. The fraction of sp³-hybridized carbons (Fsp3) is 0.310. The highest BCUT2D eigenvalue weighted by Gasteiger charge is 2.37. The molecule has 0 saturated heterocycles. The topological polar surface area (TPSA) is 86.8 Å². The summed E-state index contributed by atoms with van der Waals surface area (Å²) in [6.07, 6.45) is -4.30. The molecule has 3 rings (SSSR count). The molecule has 0 unspecified atom stereocenters. The number of amides is 2. The fourth-order valence-electron chi connectivity index (χ4n) is 4.02. The molecule has 2 amide bonds. The number of nitrogens with one attached hydrogen (secondary N) is 1. The van der Waals surface area contributed by atoms with Crippen molar-refractivity contribution < 1.29 is 31.2 Å². The molecule has 2 atom stereocenters. The van der Waals surface area contributed by atoms with E-state index in [1.54, 1.807) is 19.1 Å². The lowest BCUT2D eigenvalue weighted by Crippen LogP contribution is -2.52. The molecular formula is C29H29Cl3F3N3O4S. The Morgan fingerprint density at radius 3 is 2.16 bits per heavy atom. The van der Waals surface area contributed by atoms with Gasteiger partial charge < -0.3 is 10.2 Å². The molecule has 43 heavy (non-hydrogen) atoms. The summed E-state index contributed by atoms with van der Waals surface area (Å²) in [4.78, 5) is 27.9. The number of benzene rings is 3. The fourth-order valence-corrected chi connectivity index (χ4v) is 6.14. The molecule has 0 aliphatic carbocycles. The maximum atomic E-state index is 14.0. The lowest BCUT2D eigenvalue weighted by molar-refractivity contribution is -0.139. The maximum Gasteiger partial charge on any atom is 0.417 e. The molecule has 14 heteroatoms. The Morgan fingerprint density at radius 2 is 1.58 bits per heavy atom. The number of hydrogen-bond donors (Lipinski definition) is 1. The van der Waals surface area contributed by atoms with E-state index in [1.165, 1.54) is 43.3 Å². The van der Waals surface area contributed by atoms with E-state index in [4.69, 9.17) is 34.8 Å². The van der Waals surface area contributed by atoms with Crippen LogP contribution in [-0.2, 0) is 32.3 Å². The molecule has 0 fully saturated rings. The van der Waals surface area contributed by atoms with Crippen molar-refractivity contribution in [3.05, 3.63) is 92.9 Å². The van der Waals surface area contributed by atoms with Crippen LogP contribution in [0, 0.1) is 0 Å². The van der Waals surface area contributed by atoms with Gasteiger partial charge in [0, 0.05) is 22.6 Å². The number of carbonyl (C=O) groups excluding carboxylic acids is 2. The second kappa shape index (κ2) is 14.2. The van der Waals surface area contributed by atoms with Crippen LogP contribution in [0.15, 0.2) is 71.6 Å². The van der Waals surface area contributed by atoms with Gasteiger partial charge in [-0.15, -0.1) is 0 Å². The molecule has 7 nitrogen and oxygen atoms in total. The Balaban J connectivity index is 2.13. The van der Waals surface area contributed by atoms with Gasteiger partial charge in [-0.25, -0.2) is 8.42 Å². The van der Waals surface area contributed by atoms with Gasteiger partial charge in [0.1, 0.15) is 12.6 Å². The molecule has 0 bridgehead atoms. The van der Waals surface area contributed by atoms with Crippen LogP contribution in [-0.4, -0.2) is 43.8 Å². The highest BCUT2D eigenvalue weighted by Crippen LogP contribution is 2.38. The maximum absolute atomic E-state index is 14.0. The molecule has 0 radical (unpaired) electrons. The van der Waals surface area contributed by atoms with Crippen LogP contribution in [0.3, 0.4) is 0 Å². The smallest absolute Gasteiger partial charge is 0.352 e. The van der Waals surface area contributed by atoms with E-state index in [0.717, 1.165) is 17.0 Å². The summed E-state index contributed by atoms with van der Waals surface area (Å²) in [6.45, 7) is 3.93. The molecule has 3 aromatic carbocycles. The van der Waals surface area contributed by atoms with Crippen molar-refractivity contribution in [3.63, 3.8) is 0 Å². The Bertz CT molecular complexity index is 1570. The third kappa shape index (κ3) is 8.56. The minimum absolute atomic E-state index is 0.195. The molecule has 0 aromatic heterocycles. The van der Waals surface area contributed by atoms with Crippen molar-refractivity contribution in [2.24, 2.45) is 0 Å². The van der Waals surface area contributed by atoms with Gasteiger partial charge in [0.25, 0.3) is 10.0 Å². The van der Waals surface area contributed by atoms with Crippen molar-refractivity contribution in [3.8, 4) is 0 Å². The molecule has 0 saturated carbocycles. The van der Waals surface area contributed by atoms with E-state index in [9.17, 15) is 31.2 Å². The van der Waals surface area contributed by atoms with Gasteiger partial charge in [-0.05, 0) is 68.3 Å². The van der Waals surface area contributed by atoms with Crippen molar-refractivity contribution >= 4 is 62.3 Å². The first-order valence-corrected chi connectivity index (χ1v) is 15.6. The van der Waals surface area contributed by atoms with E-state index in [1.807, 2.05) is 6.92 Å². The van der Waals surface area contributed by atoms with Crippen LogP contribution < -0.4 is 9.62 Å². The molecule has 0 aliphatic rings. The van der Waals surface area contributed by atoms with Gasteiger partial charge >= 0.3 is 6.18 Å². The SMILES string of the molecule is CC[C@H](C)NC(=O)[C@H](C)N(Cc1ccc(Cl)cc1Cl)C(=O)CN(c1ccc(Cl)c(C(F)(F)F)c1)S(=O)(=O)c1ccccc1. The highest BCUT2D eigenvalue weighted by molar-refractivity contribution is 7.92. The van der Waals surface area contributed by atoms with Crippen LogP contribution >= 0.6 is 34.8 Å². The Hall–Kier alpha value is -2.99. The quantitative estimate of drug-likeness (QED) is 0.233. The Morgan fingerprint density at radius 1 is 0.930 bits per heavy atom. The molecule has 232 valence electrons. The van der Waals surface area contributed by atoms with Crippen LogP contribution in [0.1, 0.15) is 38.3 Å².